The number of carbonyl (C=O) groups excluding carboxylic acids is 1. The number of hydrogen-bond donors (Lipinski definition) is 1. The molecule has 0 aliphatic heterocycles. The molecule has 0 bridgehead atoms. The molecular formula is C10H19NO2. The maximum atomic E-state index is 11.0. The lowest BCUT2D eigenvalue weighted by atomic mass is 9.85. The van der Waals surface area contributed by atoms with Crippen molar-refractivity contribution in [1.82, 2.24) is 0 Å². The van der Waals surface area contributed by atoms with Crippen LogP contribution in [0.15, 0.2) is 0 Å². The van der Waals surface area contributed by atoms with E-state index in [1.54, 1.807) is 0 Å². The normalized spacial score (nSPS) is 21.1. The monoisotopic (exact) mass is 185 g/mol. The number of nitrogens with two attached hydrogens (primary N) is 1. The van der Waals surface area contributed by atoms with E-state index in [0.29, 0.717) is 5.92 Å². The molecule has 76 valence electrons. The van der Waals surface area contributed by atoms with Gasteiger partial charge in [0, 0.05) is 0 Å². The summed E-state index contributed by atoms with van der Waals surface area (Å²) in [5.74, 6) is 0.369. The van der Waals surface area contributed by atoms with Crippen molar-refractivity contribution < 1.29 is 9.53 Å². The first-order chi connectivity index (χ1) is 6.24. The fourth-order valence-electron chi connectivity index (χ4n) is 2.03. The van der Waals surface area contributed by atoms with Crippen molar-refractivity contribution in [1.29, 1.82) is 0 Å². The van der Waals surface area contributed by atoms with Crippen LogP contribution in [0.4, 0.5) is 0 Å². The summed E-state index contributed by atoms with van der Waals surface area (Å²) in [6.45, 7) is 0. The van der Waals surface area contributed by atoms with Crippen molar-refractivity contribution in [3.05, 3.63) is 0 Å². The number of esters is 1. The van der Waals surface area contributed by atoms with Gasteiger partial charge in [0.05, 0.1) is 7.11 Å². The van der Waals surface area contributed by atoms with Crippen LogP contribution in [0.2, 0.25) is 0 Å². The third kappa shape index (κ3) is 3.35. The number of methoxy groups -OCH3 is 1. The molecule has 1 rings (SSSR count). The first kappa shape index (κ1) is 10.5. The molecule has 0 spiro atoms. The van der Waals surface area contributed by atoms with Gasteiger partial charge in [0.15, 0.2) is 0 Å². The fraction of sp³-hybridized carbons (Fsp3) is 0.900. The van der Waals surface area contributed by atoms with Gasteiger partial charge in [-0.3, -0.25) is 4.79 Å². The number of rotatable bonds is 3. The Balaban J connectivity index is 2.25. The van der Waals surface area contributed by atoms with Gasteiger partial charge in [0.2, 0.25) is 0 Å². The zero-order chi connectivity index (χ0) is 9.68. The second-order valence-electron chi connectivity index (χ2n) is 3.87. The Bertz CT molecular complexity index is 164. The summed E-state index contributed by atoms with van der Waals surface area (Å²) in [5.41, 5.74) is 5.68. The highest BCUT2D eigenvalue weighted by atomic mass is 16.5. The minimum atomic E-state index is -0.409. The van der Waals surface area contributed by atoms with E-state index in [9.17, 15) is 4.79 Å². The van der Waals surface area contributed by atoms with Crippen LogP contribution >= 0.6 is 0 Å². The van der Waals surface area contributed by atoms with Crippen molar-refractivity contribution in [2.45, 2.75) is 44.6 Å². The van der Waals surface area contributed by atoms with E-state index in [1.165, 1.54) is 39.2 Å². The second-order valence-corrected chi connectivity index (χ2v) is 3.87. The van der Waals surface area contributed by atoms with Crippen LogP contribution < -0.4 is 5.73 Å². The van der Waals surface area contributed by atoms with E-state index in [1.807, 2.05) is 0 Å². The molecule has 0 heterocycles. The second kappa shape index (κ2) is 5.22. The standard InChI is InChI=1S/C10H19NO2/c1-13-10(12)9(11)7-8-5-3-2-4-6-8/h8-9H,2-7,11H2,1H3. The summed E-state index contributed by atoms with van der Waals surface area (Å²) in [6.07, 6.45) is 7.17. The van der Waals surface area contributed by atoms with Crippen LogP contribution in [0, 0.1) is 5.92 Å². The van der Waals surface area contributed by atoms with Gasteiger partial charge in [-0.25, -0.2) is 0 Å². The highest BCUT2D eigenvalue weighted by molar-refractivity contribution is 5.75. The summed E-state index contributed by atoms with van der Waals surface area (Å²) in [4.78, 5) is 11.0. The molecule has 1 aliphatic carbocycles. The Kier molecular flexibility index (Phi) is 4.22. The first-order valence-electron chi connectivity index (χ1n) is 5.07. The molecular weight excluding hydrogens is 166 g/mol. The largest absolute Gasteiger partial charge is 0.468 e. The predicted molar refractivity (Wildman–Crippen MR) is 51.2 cm³/mol. The van der Waals surface area contributed by atoms with E-state index >= 15 is 0 Å². The average molecular weight is 185 g/mol. The molecule has 1 unspecified atom stereocenters. The topological polar surface area (TPSA) is 52.3 Å². The van der Waals surface area contributed by atoms with Gasteiger partial charge in [-0.05, 0) is 12.3 Å². The molecule has 1 fully saturated rings. The zero-order valence-corrected chi connectivity index (χ0v) is 8.29. The van der Waals surface area contributed by atoms with Crippen molar-refractivity contribution in [2.75, 3.05) is 7.11 Å². The van der Waals surface area contributed by atoms with Crippen LogP contribution in [-0.4, -0.2) is 19.1 Å². The van der Waals surface area contributed by atoms with Gasteiger partial charge in [-0.15, -0.1) is 0 Å². The predicted octanol–water partition coefficient (Wildman–Crippen LogP) is 1.46. The Morgan fingerprint density at radius 1 is 1.46 bits per heavy atom. The molecule has 0 amide bonds. The molecule has 2 N–H and O–H groups in total. The Morgan fingerprint density at radius 3 is 2.62 bits per heavy atom. The van der Waals surface area contributed by atoms with Crippen molar-refractivity contribution in [2.24, 2.45) is 11.7 Å². The number of ether oxygens (including phenoxy) is 1. The molecule has 3 heteroatoms. The van der Waals surface area contributed by atoms with Gasteiger partial charge < -0.3 is 10.5 Å². The third-order valence-electron chi connectivity index (χ3n) is 2.82. The van der Waals surface area contributed by atoms with E-state index in [2.05, 4.69) is 4.74 Å². The van der Waals surface area contributed by atoms with Crippen LogP contribution in [0.25, 0.3) is 0 Å². The van der Waals surface area contributed by atoms with Crippen LogP contribution in [0.5, 0.6) is 0 Å². The molecule has 3 nitrogen and oxygen atoms in total. The van der Waals surface area contributed by atoms with Crippen LogP contribution in [0.3, 0.4) is 0 Å². The summed E-state index contributed by atoms with van der Waals surface area (Å²) in [7, 11) is 1.39. The molecule has 1 atom stereocenters. The van der Waals surface area contributed by atoms with Gasteiger partial charge >= 0.3 is 5.97 Å². The molecule has 0 aromatic rings. The Labute approximate surface area is 79.6 Å². The number of carbonyl (C=O) groups is 1. The molecule has 1 aliphatic rings. The van der Waals surface area contributed by atoms with E-state index in [4.69, 9.17) is 5.73 Å². The lowest BCUT2D eigenvalue weighted by molar-refractivity contribution is -0.142. The van der Waals surface area contributed by atoms with Gasteiger partial charge in [0.25, 0.3) is 0 Å². The molecule has 0 aromatic carbocycles. The minimum Gasteiger partial charge on any atom is -0.468 e. The quantitative estimate of drug-likeness (QED) is 0.677. The number of hydrogen-bond acceptors (Lipinski definition) is 3. The molecule has 0 radical (unpaired) electrons. The van der Waals surface area contributed by atoms with Crippen LogP contribution in [0.1, 0.15) is 38.5 Å². The highest BCUT2D eigenvalue weighted by Crippen LogP contribution is 2.26. The maximum absolute atomic E-state index is 11.0. The SMILES string of the molecule is COC(=O)C(N)CC1CCCCC1. The molecule has 0 aromatic heterocycles. The lowest BCUT2D eigenvalue weighted by Crippen LogP contribution is -2.34. The lowest BCUT2D eigenvalue weighted by Gasteiger charge is -2.23. The summed E-state index contributed by atoms with van der Waals surface area (Å²) in [6, 6.07) is -0.409. The third-order valence-corrected chi connectivity index (χ3v) is 2.82. The smallest absolute Gasteiger partial charge is 0.322 e. The van der Waals surface area contributed by atoms with E-state index in [0.717, 1.165) is 6.42 Å². The van der Waals surface area contributed by atoms with Gasteiger partial charge in [0.1, 0.15) is 6.04 Å². The zero-order valence-electron chi connectivity index (χ0n) is 8.29. The molecule has 0 saturated heterocycles. The van der Waals surface area contributed by atoms with Crippen molar-refractivity contribution >= 4 is 5.97 Å². The Hall–Kier alpha value is -0.570. The summed E-state index contributed by atoms with van der Waals surface area (Å²) >= 11 is 0. The first-order valence-corrected chi connectivity index (χ1v) is 5.07. The minimum absolute atomic E-state index is 0.273. The molecule has 13 heavy (non-hydrogen) atoms. The van der Waals surface area contributed by atoms with Gasteiger partial charge in [-0.1, -0.05) is 32.1 Å². The molecule has 1 saturated carbocycles. The fourth-order valence-corrected chi connectivity index (χ4v) is 2.03. The summed E-state index contributed by atoms with van der Waals surface area (Å²) < 4.78 is 4.59. The highest BCUT2D eigenvalue weighted by Gasteiger charge is 2.21. The van der Waals surface area contributed by atoms with E-state index in [-0.39, 0.29) is 5.97 Å². The van der Waals surface area contributed by atoms with Crippen LogP contribution in [-0.2, 0) is 9.53 Å². The average Bonchev–Trinajstić information content (AvgIpc) is 2.18. The van der Waals surface area contributed by atoms with E-state index < -0.39 is 6.04 Å². The van der Waals surface area contributed by atoms with Crippen molar-refractivity contribution in [3.63, 3.8) is 0 Å². The van der Waals surface area contributed by atoms with Crippen molar-refractivity contribution in [3.8, 4) is 0 Å². The maximum Gasteiger partial charge on any atom is 0.322 e. The van der Waals surface area contributed by atoms with Gasteiger partial charge in [-0.2, -0.15) is 0 Å². The summed E-state index contributed by atoms with van der Waals surface area (Å²) in [5, 5.41) is 0. The Morgan fingerprint density at radius 2 is 2.08 bits per heavy atom.